The number of aromatic nitrogens is 3. The van der Waals surface area contributed by atoms with Gasteiger partial charge in [-0.1, -0.05) is 11.2 Å². The number of ether oxygens (including phenoxy) is 2. The van der Waals surface area contributed by atoms with Crippen molar-refractivity contribution in [3.05, 3.63) is 35.6 Å². The van der Waals surface area contributed by atoms with Gasteiger partial charge in [0.15, 0.2) is 5.82 Å². The fraction of sp³-hybridized carbons (Fsp3) is 0.500. The van der Waals surface area contributed by atoms with Crippen LogP contribution in [0.25, 0.3) is 0 Å². The molecular formula is C14H18N4O3. The molecule has 21 heavy (non-hydrogen) atoms. The van der Waals surface area contributed by atoms with Gasteiger partial charge in [-0.2, -0.15) is 4.98 Å². The minimum Gasteiger partial charge on any atom is -0.481 e. The summed E-state index contributed by atoms with van der Waals surface area (Å²) < 4.78 is 16.1. The SMILES string of the molecule is COc1ccc(Cc2noc(C3CCC(CN)O3)n2)cn1. The molecule has 1 aliphatic rings. The average Bonchev–Trinajstić information content (AvgIpc) is 3.16. The first kappa shape index (κ1) is 14.0. The molecule has 2 atom stereocenters. The van der Waals surface area contributed by atoms with E-state index in [0.29, 0.717) is 30.6 Å². The first-order valence-electron chi connectivity index (χ1n) is 6.95. The normalized spacial score (nSPS) is 21.6. The molecule has 0 amide bonds. The smallest absolute Gasteiger partial charge is 0.255 e. The monoisotopic (exact) mass is 290 g/mol. The Labute approximate surface area is 122 Å². The Morgan fingerprint density at radius 2 is 2.29 bits per heavy atom. The largest absolute Gasteiger partial charge is 0.481 e. The molecule has 3 heterocycles. The zero-order valence-corrected chi connectivity index (χ0v) is 11.9. The minimum atomic E-state index is -0.131. The molecule has 0 radical (unpaired) electrons. The number of hydrogen-bond acceptors (Lipinski definition) is 7. The lowest BCUT2D eigenvalue weighted by Crippen LogP contribution is -2.18. The zero-order chi connectivity index (χ0) is 14.7. The van der Waals surface area contributed by atoms with Gasteiger partial charge in [-0.05, 0) is 18.4 Å². The Hall–Kier alpha value is -1.99. The summed E-state index contributed by atoms with van der Waals surface area (Å²) in [7, 11) is 1.59. The number of hydrogen-bond donors (Lipinski definition) is 1. The zero-order valence-electron chi connectivity index (χ0n) is 11.9. The van der Waals surface area contributed by atoms with Crippen LogP contribution < -0.4 is 10.5 Å². The Bertz CT molecular complexity index is 584. The third-order valence-electron chi connectivity index (χ3n) is 3.50. The van der Waals surface area contributed by atoms with E-state index < -0.39 is 0 Å². The summed E-state index contributed by atoms with van der Waals surface area (Å²) in [6, 6.07) is 3.74. The summed E-state index contributed by atoms with van der Waals surface area (Å²) in [5, 5.41) is 3.99. The van der Waals surface area contributed by atoms with Crippen LogP contribution in [0.15, 0.2) is 22.9 Å². The summed E-state index contributed by atoms with van der Waals surface area (Å²) in [6.45, 7) is 0.523. The number of pyridine rings is 1. The van der Waals surface area contributed by atoms with Crippen LogP contribution >= 0.6 is 0 Å². The molecule has 0 aromatic carbocycles. The lowest BCUT2D eigenvalue weighted by atomic mass is 10.2. The standard InChI is InChI=1S/C14H18N4O3/c1-19-13-5-2-9(8-16-13)6-12-17-14(21-18-12)11-4-3-10(7-15)20-11/h2,5,8,10-11H,3-4,6-7,15H2,1H3. The van der Waals surface area contributed by atoms with E-state index in [9.17, 15) is 0 Å². The van der Waals surface area contributed by atoms with Crippen molar-refractivity contribution in [3.8, 4) is 5.88 Å². The van der Waals surface area contributed by atoms with E-state index in [1.165, 1.54) is 0 Å². The van der Waals surface area contributed by atoms with Crippen LogP contribution in [-0.4, -0.2) is 34.9 Å². The van der Waals surface area contributed by atoms with Gasteiger partial charge < -0.3 is 19.7 Å². The molecule has 7 heteroatoms. The number of nitrogens with two attached hydrogens (primary N) is 1. The molecule has 2 unspecified atom stereocenters. The second-order valence-electron chi connectivity index (χ2n) is 4.99. The minimum absolute atomic E-state index is 0.0936. The van der Waals surface area contributed by atoms with E-state index in [2.05, 4.69) is 15.1 Å². The Balaban J connectivity index is 1.64. The van der Waals surface area contributed by atoms with Gasteiger partial charge in [-0.25, -0.2) is 4.98 Å². The van der Waals surface area contributed by atoms with Crippen LogP contribution in [0.2, 0.25) is 0 Å². The van der Waals surface area contributed by atoms with E-state index in [1.54, 1.807) is 13.3 Å². The quantitative estimate of drug-likeness (QED) is 0.884. The Kier molecular flexibility index (Phi) is 4.12. The van der Waals surface area contributed by atoms with Gasteiger partial charge in [0.2, 0.25) is 5.88 Å². The van der Waals surface area contributed by atoms with Crippen LogP contribution in [0.1, 0.15) is 36.2 Å². The molecule has 7 nitrogen and oxygen atoms in total. The second-order valence-corrected chi connectivity index (χ2v) is 4.99. The van der Waals surface area contributed by atoms with Crippen LogP contribution in [0.4, 0.5) is 0 Å². The van der Waals surface area contributed by atoms with E-state index in [1.807, 2.05) is 12.1 Å². The van der Waals surface area contributed by atoms with E-state index in [0.717, 1.165) is 18.4 Å². The van der Waals surface area contributed by atoms with Gasteiger partial charge in [-0.3, -0.25) is 0 Å². The topological polar surface area (TPSA) is 96.3 Å². The van der Waals surface area contributed by atoms with Crippen molar-refractivity contribution in [1.82, 2.24) is 15.1 Å². The summed E-state index contributed by atoms with van der Waals surface area (Å²) >= 11 is 0. The van der Waals surface area contributed by atoms with Crippen LogP contribution in [0, 0.1) is 0 Å². The van der Waals surface area contributed by atoms with Crippen LogP contribution in [0.5, 0.6) is 5.88 Å². The molecule has 2 aromatic rings. The fourth-order valence-corrected chi connectivity index (χ4v) is 2.35. The number of nitrogens with zero attached hydrogens (tertiary/aromatic N) is 3. The maximum Gasteiger partial charge on any atom is 0.255 e. The summed E-state index contributed by atoms with van der Waals surface area (Å²) in [5.41, 5.74) is 6.59. The molecule has 112 valence electrons. The molecule has 0 bridgehead atoms. The van der Waals surface area contributed by atoms with Crippen molar-refractivity contribution >= 4 is 0 Å². The highest BCUT2D eigenvalue weighted by Crippen LogP contribution is 2.31. The molecule has 2 N–H and O–H groups in total. The van der Waals surface area contributed by atoms with Crippen LogP contribution in [-0.2, 0) is 11.2 Å². The van der Waals surface area contributed by atoms with E-state index in [4.69, 9.17) is 19.7 Å². The summed E-state index contributed by atoms with van der Waals surface area (Å²) in [6.07, 6.45) is 4.07. The first-order chi connectivity index (χ1) is 10.3. The molecule has 0 aliphatic carbocycles. The molecule has 1 fully saturated rings. The maximum absolute atomic E-state index is 5.74. The summed E-state index contributed by atoms with van der Waals surface area (Å²) in [5.74, 6) is 1.74. The highest BCUT2D eigenvalue weighted by Gasteiger charge is 2.29. The van der Waals surface area contributed by atoms with Crippen molar-refractivity contribution in [2.24, 2.45) is 5.73 Å². The molecule has 1 aliphatic heterocycles. The Morgan fingerprint density at radius 1 is 1.38 bits per heavy atom. The van der Waals surface area contributed by atoms with Crippen molar-refractivity contribution in [3.63, 3.8) is 0 Å². The van der Waals surface area contributed by atoms with Crippen molar-refractivity contribution < 1.29 is 14.0 Å². The van der Waals surface area contributed by atoms with E-state index >= 15 is 0 Å². The third-order valence-corrected chi connectivity index (χ3v) is 3.50. The van der Waals surface area contributed by atoms with Crippen molar-refractivity contribution in [1.29, 1.82) is 0 Å². The van der Waals surface area contributed by atoms with Gasteiger partial charge in [0.25, 0.3) is 5.89 Å². The predicted octanol–water partition coefficient (Wildman–Crippen LogP) is 1.24. The molecule has 3 rings (SSSR count). The summed E-state index contributed by atoms with van der Waals surface area (Å²) in [4.78, 5) is 8.55. The molecular weight excluding hydrogens is 272 g/mol. The van der Waals surface area contributed by atoms with Crippen molar-refractivity contribution in [2.45, 2.75) is 31.5 Å². The number of methoxy groups -OCH3 is 1. The lowest BCUT2D eigenvalue weighted by molar-refractivity contribution is 0.0307. The first-order valence-corrected chi connectivity index (χ1v) is 6.95. The van der Waals surface area contributed by atoms with Gasteiger partial charge in [-0.15, -0.1) is 0 Å². The number of rotatable bonds is 5. The molecule has 0 saturated carbocycles. The molecule has 0 spiro atoms. The fourth-order valence-electron chi connectivity index (χ4n) is 2.35. The highest BCUT2D eigenvalue weighted by molar-refractivity contribution is 5.20. The molecule has 2 aromatic heterocycles. The van der Waals surface area contributed by atoms with Gasteiger partial charge >= 0.3 is 0 Å². The lowest BCUT2D eigenvalue weighted by Gasteiger charge is -2.07. The van der Waals surface area contributed by atoms with Gasteiger partial charge in [0.05, 0.1) is 13.2 Å². The third kappa shape index (κ3) is 3.20. The second kappa shape index (κ2) is 6.19. The van der Waals surface area contributed by atoms with Gasteiger partial charge in [0, 0.05) is 25.2 Å². The predicted molar refractivity (Wildman–Crippen MR) is 73.8 cm³/mol. The van der Waals surface area contributed by atoms with Crippen molar-refractivity contribution in [2.75, 3.05) is 13.7 Å². The van der Waals surface area contributed by atoms with E-state index in [-0.39, 0.29) is 12.2 Å². The average molecular weight is 290 g/mol. The van der Waals surface area contributed by atoms with Gasteiger partial charge in [0.1, 0.15) is 6.10 Å². The van der Waals surface area contributed by atoms with Crippen LogP contribution in [0.3, 0.4) is 0 Å². The Morgan fingerprint density at radius 3 is 2.95 bits per heavy atom. The maximum atomic E-state index is 5.74. The highest BCUT2D eigenvalue weighted by atomic mass is 16.5. The molecule has 1 saturated heterocycles.